The molecule has 1 aliphatic carbocycles. The number of benzene rings is 1. The standard InChI is InChI=1S/C20H22N2O6/c1-12-17(20(24)28-11-10-27-2)18(13-6-8-14(9-7-13)22(25)26)19-15(21-12)4-3-5-16(19)23/h3,5-9,15,18-19,21H,4,10-11H2,1-2H3/t15-,18-,19+/m1/s1. The molecule has 1 aromatic rings. The number of nitro groups is 1. The lowest BCUT2D eigenvalue weighted by molar-refractivity contribution is -0.384. The van der Waals surface area contributed by atoms with Gasteiger partial charge in [-0.2, -0.15) is 0 Å². The van der Waals surface area contributed by atoms with Gasteiger partial charge in [0, 0.05) is 36.9 Å². The van der Waals surface area contributed by atoms with Gasteiger partial charge in [-0.25, -0.2) is 4.79 Å². The van der Waals surface area contributed by atoms with Crippen molar-refractivity contribution in [3.63, 3.8) is 0 Å². The number of nitrogens with one attached hydrogen (secondary N) is 1. The van der Waals surface area contributed by atoms with Crippen LogP contribution in [0.15, 0.2) is 47.7 Å². The molecular formula is C20H22N2O6. The Labute approximate surface area is 162 Å². The number of esters is 1. The third-order valence-corrected chi connectivity index (χ3v) is 5.11. The third-order valence-electron chi connectivity index (χ3n) is 5.11. The van der Waals surface area contributed by atoms with Crippen LogP contribution in [0, 0.1) is 16.0 Å². The van der Waals surface area contributed by atoms with E-state index >= 15 is 0 Å². The Morgan fingerprint density at radius 1 is 1.29 bits per heavy atom. The quantitative estimate of drug-likeness (QED) is 0.346. The molecule has 28 heavy (non-hydrogen) atoms. The van der Waals surface area contributed by atoms with Gasteiger partial charge in [-0.15, -0.1) is 0 Å². The number of ether oxygens (including phenoxy) is 2. The van der Waals surface area contributed by atoms with Crippen molar-refractivity contribution in [2.24, 2.45) is 5.92 Å². The van der Waals surface area contributed by atoms with Crippen LogP contribution in [0.3, 0.4) is 0 Å². The molecule has 1 aromatic carbocycles. The number of methoxy groups -OCH3 is 1. The molecule has 1 N–H and O–H groups in total. The highest BCUT2D eigenvalue weighted by atomic mass is 16.6. The van der Waals surface area contributed by atoms with Crippen LogP contribution in [0.5, 0.6) is 0 Å². The minimum absolute atomic E-state index is 0.0472. The van der Waals surface area contributed by atoms with Crippen LogP contribution < -0.4 is 5.32 Å². The molecule has 0 radical (unpaired) electrons. The maximum Gasteiger partial charge on any atom is 0.336 e. The van der Waals surface area contributed by atoms with Gasteiger partial charge in [-0.05, 0) is 25.0 Å². The fourth-order valence-electron chi connectivity index (χ4n) is 3.85. The summed E-state index contributed by atoms with van der Waals surface area (Å²) in [6.45, 7) is 2.15. The highest BCUT2D eigenvalue weighted by Crippen LogP contribution is 2.42. The van der Waals surface area contributed by atoms with E-state index in [4.69, 9.17) is 9.47 Å². The van der Waals surface area contributed by atoms with Crippen LogP contribution in [0.1, 0.15) is 24.8 Å². The van der Waals surface area contributed by atoms with Gasteiger partial charge in [0.1, 0.15) is 6.61 Å². The van der Waals surface area contributed by atoms with Crippen LogP contribution in [0.4, 0.5) is 5.69 Å². The maximum atomic E-state index is 12.8. The predicted octanol–water partition coefficient (Wildman–Crippen LogP) is 2.26. The molecule has 0 unspecified atom stereocenters. The molecule has 0 fully saturated rings. The Kier molecular flexibility index (Phi) is 5.89. The van der Waals surface area contributed by atoms with E-state index in [0.29, 0.717) is 23.3 Å². The van der Waals surface area contributed by atoms with Gasteiger partial charge in [0.2, 0.25) is 0 Å². The van der Waals surface area contributed by atoms with E-state index in [0.717, 1.165) is 0 Å². The normalized spacial score (nSPS) is 23.8. The summed E-state index contributed by atoms with van der Waals surface area (Å²) in [4.78, 5) is 36.0. The molecular weight excluding hydrogens is 364 g/mol. The van der Waals surface area contributed by atoms with Gasteiger partial charge < -0.3 is 14.8 Å². The molecule has 8 nitrogen and oxygen atoms in total. The minimum atomic E-state index is -0.542. The van der Waals surface area contributed by atoms with Gasteiger partial charge in [-0.3, -0.25) is 14.9 Å². The van der Waals surface area contributed by atoms with E-state index < -0.39 is 22.7 Å². The monoisotopic (exact) mass is 386 g/mol. The lowest BCUT2D eigenvalue weighted by Gasteiger charge is -2.41. The number of carbonyl (C=O) groups is 2. The molecule has 8 heteroatoms. The summed E-state index contributed by atoms with van der Waals surface area (Å²) in [5.41, 5.74) is 1.64. The first-order valence-electron chi connectivity index (χ1n) is 9.02. The van der Waals surface area contributed by atoms with Crippen LogP contribution in [0.25, 0.3) is 0 Å². The number of ketones is 1. The highest BCUT2D eigenvalue weighted by Gasteiger charge is 2.45. The number of fused-ring (bicyclic) bond motifs is 1. The number of carbonyl (C=O) groups excluding carboxylic acids is 2. The molecule has 1 aliphatic heterocycles. The van der Waals surface area contributed by atoms with E-state index in [1.54, 1.807) is 19.1 Å². The molecule has 0 saturated heterocycles. The summed E-state index contributed by atoms with van der Waals surface area (Å²) in [5.74, 6) is -1.63. The summed E-state index contributed by atoms with van der Waals surface area (Å²) in [7, 11) is 1.51. The van der Waals surface area contributed by atoms with E-state index in [9.17, 15) is 19.7 Å². The van der Waals surface area contributed by atoms with Crippen molar-refractivity contribution < 1.29 is 24.0 Å². The number of nitro benzene ring substituents is 1. The molecule has 148 valence electrons. The molecule has 1 heterocycles. The summed E-state index contributed by atoms with van der Waals surface area (Å²) < 4.78 is 10.2. The smallest absolute Gasteiger partial charge is 0.336 e. The summed E-state index contributed by atoms with van der Waals surface area (Å²) in [6.07, 6.45) is 4.01. The molecule has 3 rings (SSSR count). The van der Waals surface area contributed by atoms with E-state index in [-0.39, 0.29) is 30.7 Å². The second-order valence-electron chi connectivity index (χ2n) is 6.81. The van der Waals surface area contributed by atoms with Crippen LogP contribution in [0.2, 0.25) is 0 Å². The maximum absolute atomic E-state index is 12.8. The van der Waals surface area contributed by atoms with Crippen molar-refractivity contribution in [3.05, 3.63) is 63.4 Å². The molecule has 3 atom stereocenters. The Morgan fingerprint density at radius 2 is 2.00 bits per heavy atom. The Morgan fingerprint density at radius 3 is 2.64 bits per heavy atom. The highest BCUT2D eigenvalue weighted by molar-refractivity contribution is 5.98. The van der Waals surface area contributed by atoms with Crippen molar-refractivity contribution in [2.45, 2.75) is 25.3 Å². The first kappa shape index (κ1) is 19.8. The zero-order valence-corrected chi connectivity index (χ0v) is 15.7. The van der Waals surface area contributed by atoms with Crippen LogP contribution in [-0.4, -0.2) is 43.0 Å². The first-order valence-corrected chi connectivity index (χ1v) is 9.02. The second-order valence-corrected chi connectivity index (χ2v) is 6.81. The SMILES string of the molecule is COCCOC(=O)C1=C(C)N[C@@H]2CC=CC(=O)[C@H]2[C@@H]1c1ccc([N+](=O)[O-])cc1. The van der Waals surface area contributed by atoms with Crippen molar-refractivity contribution in [1.82, 2.24) is 5.32 Å². The van der Waals surface area contributed by atoms with Gasteiger partial charge in [0.15, 0.2) is 5.78 Å². The first-order chi connectivity index (χ1) is 13.4. The number of rotatable bonds is 6. The average molecular weight is 386 g/mol. The molecule has 2 aliphatic rings. The van der Waals surface area contributed by atoms with Gasteiger partial charge in [-0.1, -0.05) is 18.2 Å². The van der Waals surface area contributed by atoms with Gasteiger partial charge >= 0.3 is 5.97 Å². The number of hydrogen-bond acceptors (Lipinski definition) is 7. The second kappa shape index (κ2) is 8.35. The van der Waals surface area contributed by atoms with Crippen molar-refractivity contribution >= 4 is 17.4 Å². The minimum Gasteiger partial charge on any atom is -0.460 e. The number of hydrogen-bond donors (Lipinski definition) is 1. The Balaban J connectivity index is 2.03. The largest absolute Gasteiger partial charge is 0.460 e. The summed E-state index contributed by atoms with van der Waals surface area (Å²) in [6, 6.07) is 5.84. The average Bonchev–Trinajstić information content (AvgIpc) is 2.67. The van der Waals surface area contributed by atoms with E-state index in [1.165, 1.54) is 25.3 Å². The Bertz CT molecular complexity index is 843. The van der Waals surface area contributed by atoms with E-state index in [1.807, 2.05) is 6.08 Å². The zero-order chi connectivity index (χ0) is 20.3. The number of allylic oxidation sites excluding steroid dienone is 2. The number of non-ortho nitro benzene ring substituents is 1. The van der Waals surface area contributed by atoms with E-state index in [2.05, 4.69) is 5.32 Å². The summed E-state index contributed by atoms with van der Waals surface area (Å²) >= 11 is 0. The van der Waals surface area contributed by atoms with Crippen LogP contribution in [-0.2, 0) is 19.1 Å². The fourth-order valence-corrected chi connectivity index (χ4v) is 3.85. The van der Waals surface area contributed by atoms with Crippen molar-refractivity contribution in [1.29, 1.82) is 0 Å². The summed E-state index contributed by atoms with van der Waals surface area (Å²) in [5, 5.41) is 14.2. The Hall–Kier alpha value is -3.00. The molecule has 0 saturated carbocycles. The zero-order valence-electron chi connectivity index (χ0n) is 15.7. The van der Waals surface area contributed by atoms with Gasteiger partial charge in [0.05, 0.1) is 23.0 Å². The van der Waals surface area contributed by atoms with Crippen molar-refractivity contribution in [2.75, 3.05) is 20.3 Å². The molecule has 0 spiro atoms. The predicted molar refractivity (Wildman–Crippen MR) is 101 cm³/mol. The van der Waals surface area contributed by atoms with Gasteiger partial charge in [0.25, 0.3) is 5.69 Å². The lowest BCUT2D eigenvalue weighted by atomic mass is 9.69. The van der Waals surface area contributed by atoms with Crippen molar-refractivity contribution in [3.8, 4) is 0 Å². The van der Waals surface area contributed by atoms with Crippen LogP contribution >= 0.6 is 0 Å². The fraction of sp³-hybridized carbons (Fsp3) is 0.400. The topological polar surface area (TPSA) is 108 Å². The molecule has 0 amide bonds. The third kappa shape index (κ3) is 3.82. The molecule has 0 bridgehead atoms. The number of nitrogens with zero attached hydrogens (tertiary/aromatic N) is 1. The molecule has 0 aromatic heterocycles. The lowest BCUT2D eigenvalue weighted by Crippen LogP contribution is -2.49.